The Morgan fingerprint density at radius 1 is 1.70 bits per heavy atom. The maximum atomic E-state index is 11.0. The lowest BCUT2D eigenvalue weighted by Crippen LogP contribution is -2.56. The van der Waals surface area contributed by atoms with E-state index in [0.717, 1.165) is 13.0 Å². The zero-order chi connectivity index (χ0) is 7.56. The third-order valence-electron chi connectivity index (χ3n) is 1.79. The van der Waals surface area contributed by atoms with Gasteiger partial charge in [0.25, 0.3) is 0 Å². The molecule has 3 heteroatoms. The largest absolute Gasteiger partial charge is 0.353 e. The summed E-state index contributed by atoms with van der Waals surface area (Å²) in [5.41, 5.74) is 0. The molecule has 0 aromatic rings. The third-order valence-corrected chi connectivity index (χ3v) is 1.79. The van der Waals surface area contributed by atoms with Crippen molar-refractivity contribution in [2.24, 2.45) is 0 Å². The molecule has 1 fully saturated rings. The summed E-state index contributed by atoms with van der Waals surface area (Å²) in [6, 6.07) is 0.450. The Hall–Kier alpha value is -0.570. The van der Waals surface area contributed by atoms with Crippen LogP contribution < -0.4 is 10.6 Å². The lowest BCUT2D eigenvalue weighted by Gasteiger charge is -2.27. The number of carbonyl (C=O) groups excluding carboxylic acids is 1. The van der Waals surface area contributed by atoms with E-state index in [1.165, 1.54) is 0 Å². The predicted molar refractivity (Wildman–Crippen MR) is 39.7 cm³/mol. The second kappa shape index (κ2) is 3.01. The molecule has 58 valence electrons. The third kappa shape index (κ3) is 1.48. The standard InChI is InChI=1S/C7H14N2O/c1-3-6-7(10)8-4-5(2)9-6/h5-6,9H,3-4H2,1-2H3,(H,8,10)/t5-,6+/m1/s1. The summed E-state index contributed by atoms with van der Waals surface area (Å²) >= 11 is 0. The summed E-state index contributed by atoms with van der Waals surface area (Å²) in [5, 5.41) is 6.04. The van der Waals surface area contributed by atoms with Crippen LogP contribution in [-0.2, 0) is 4.79 Å². The van der Waals surface area contributed by atoms with Gasteiger partial charge in [0.2, 0.25) is 5.91 Å². The van der Waals surface area contributed by atoms with Gasteiger partial charge in [-0.1, -0.05) is 6.92 Å². The van der Waals surface area contributed by atoms with E-state index in [2.05, 4.69) is 17.6 Å². The number of piperazine rings is 1. The SMILES string of the molecule is CC[C@@H]1N[C@H](C)CNC1=O. The Balaban J connectivity index is 2.45. The van der Waals surface area contributed by atoms with Crippen molar-refractivity contribution in [3.8, 4) is 0 Å². The van der Waals surface area contributed by atoms with E-state index in [-0.39, 0.29) is 11.9 Å². The molecule has 0 spiro atoms. The molecule has 1 aliphatic heterocycles. The van der Waals surface area contributed by atoms with Crippen LogP contribution in [0.4, 0.5) is 0 Å². The quantitative estimate of drug-likeness (QED) is 0.535. The summed E-state index contributed by atoms with van der Waals surface area (Å²) in [6.07, 6.45) is 0.871. The fourth-order valence-electron chi connectivity index (χ4n) is 1.16. The van der Waals surface area contributed by atoms with Crippen molar-refractivity contribution < 1.29 is 4.79 Å². The fraction of sp³-hybridized carbons (Fsp3) is 0.857. The highest BCUT2D eigenvalue weighted by Crippen LogP contribution is 1.98. The van der Waals surface area contributed by atoms with E-state index in [1.54, 1.807) is 0 Å². The molecule has 0 saturated carbocycles. The molecule has 1 rings (SSSR count). The molecule has 0 radical (unpaired) electrons. The minimum absolute atomic E-state index is 0.0312. The molecule has 1 heterocycles. The zero-order valence-corrected chi connectivity index (χ0v) is 6.48. The second-order valence-electron chi connectivity index (χ2n) is 2.77. The van der Waals surface area contributed by atoms with Gasteiger partial charge in [0.1, 0.15) is 0 Å². The maximum absolute atomic E-state index is 11.0. The van der Waals surface area contributed by atoms with Gasteiger partial charge >= 0.3 is 0 Å². The highest BCUT2D eigenvalue weighted by molar-refractivity contribution is 5.82. The summed E-state index contributed by atoms with van der Waals surface area (Å²) in [6.45, 7) is 4.84. The van der Waals surface area contributed by atoms with Gasteiger partial charge in [0.05, 0.1) is 6.04 Å². The van der Waals surface area contributed by atoms with Gasteiger partial charge in [0.15, 0.2) is 0 Å². The zero-order valence-electron chi connectivity index (χ0n) is 6.48. The van der Waals surface area contributed by atoms with Crippen LogP contribution in [0, 0.1) is 0 Å². The van der Waals surface area contributed by atoms with E-state index >= 15 is 0 Å². The predicted octanol–water partition coefficient (Wildman–Crippen LogP) is -0.127. The fourth-order valence-corrected chi connectivity index (χ4v) is 1.16. The summed E-state index contributed by atoms with van der Waals surface area (Å²) < 4.78 is 0. The molecule has 2 N–H and O–H groups in total. The van der Waals surface area contributed by atoms with Crippen LogP contribution in [0.5, 0.6) is 0 Å². The average Bonchev–Trinajstić information content (AvgIpc) is 1.94. The number of amides is 1. The van der Waals surface area contributed by atoms with Crippen molar-refractivity contribution in [2.45, 2.75) is 32.4 Å². The van der Waals surface area contributed by atoms with Crippen LogP contribution in [0.1, 0.15) is 20.3 Å². The first kappa shape index (κ1) is 7.54. The molecule has 0 aromatic carbocycles. The van der Waals surface area contributed by atoms with E-state index in [0.29, 0.717) is 6.04 Å². The summed E-state index contributed by atoms with van der Waals surface area (Å²) in [4.78, 5) is 11.0. The molecule has 0 bridgehead atoms. The number of carbonyl (C=O) groups is 1. The van der Waals surface area contributed by atoms with Crippen LogP contribution in [0.3, 0.4) is 0 Å². The number of hydrogen-bond acceptors (Lipinski definition) is 2. The molecule has 2 atom stereocenters. The van der Waals surface area contributed by atoms with Crippen LogP contribution in [0.2, 0.25) is 0 Å². The minimum Gasteiger partial charge on any atom is -0.353 e. The van der Waals surface area contributed by atoms with E-state index < -0.39 is 0 Å². The lowest BCUT2D eigenvalue weighted by molar-refractivity contribution is -0.124. The van der Waals surface area contributed by atoms with Crippen LogP contribution in [0.25, 0.3) is 0 Å². The number of nitrogens with one attached hydrogen (secondary N) is 2. The molecule has 0 aromatic heterocycles. The van der Waals surface area contributed by atoms with Crippen molar-refractivity contribution in [3.05, 3.63) is 0 Å². The molecular weight excluding hydrogens is 128 g/mol. The van der Waals surface area contributed by atoms with Gasteiger partial charge < -0.3 is 10.6 Å². The van der Waals surface area contributed by atoms with Gasteiger partial charge in [-0.05, 0) is 13.3 Å². The lowest BCUT2D eigenvalue weighted by atomic mass is 10.1. The van der Waals surface area contributed by atoms with Gasteiger partial charge in [0, 0.05) is 12.6 Å². The molecule has 1 saturated heterocycles. The van der Waals surface area contributed by atoms with Crippen molar-refractivity contribution in [3.63, 3.8) is 0 Å². The van der Waals surface area contributed by atoms with Gasteiger partial charge in [-0.15, -0.1) is 0 Å². The first-order valence-electron chi connectivity index (χ1n) is 3.77. The van der Waals surface area contributed by atoms with Crippen molar-refractivity contribution >= 4 is 5.91 Å². The number of rotatable bonds is 1. The van der Waals surface area contributed by atoms with Gasteiger partial charge in [-0.2, -0.15) is 0 Å². The van der Waals surface area contributed by atoms with E-state index in [1.807, 2.05) is 6.92 Å². The molecule has 0 aliphatic carbocycles. The smallest absolute Gasteiger partial charge is 0.237 e. The molecular formula is C7H14N2O. The number of hydrogen-bond donors (Lipinski definition) is 2. The van der Waals surface area contributed by atoms with Crippen LogP contribution in [-0.4, -0.2) is 24.5 Å². The minimum atomic E-state index is 0.0312. The molecule has 1 amide bonds. The Morgan fingerprint density at radius 3 is 2.90 bits per heavy atom. The Bertz CT molecular complexity index is 136. The van der Waals surface area contributed by atoms with E-state index in [4.69, 9.17) is 0 Å². The molecule has 0 unspecified atom stereocenters. The normalized spacial score (nSPS) is 33.6. The Labute approximate surface area is 61.2 Å². The Kier molecular flexibility index (Phi) is 2.27. The summed E-state index contributed by atoms with van der Waals surface area (Å²) in [7, 11) is 0. The van der Waals surface area contributed by atoms with Crippen LogP contribution in [0.15, 0.2) is 0 Å². The highest BCUT2D eigenvalue weighted by atomic mass is 16.2. The van der Waals surface area contributed by atoms with Gasteiger partial charge in [-0.3, -0.25) is 4.79 Å². The second-order valence-corrected chi connectivity index (χ2v) is 2.77. The molecule has 1 aliphatic rings. The molecule has 10 heavy (non-hydrogen) atoms. The average molecular weight is 142 g/mol. The van der Waals surface area contributed by atoms with Crippen molar-refractivity contribution in [1.82, 2.24) is 10.6 Å². The first-order valence-corrected chi connectivity index (χ1v) is 3.77. The van der Waals surface area contributed by atoms with Crippen molar-refractivity contribution in [2.75, 3.05) is 6.54 Å². The van der Waals surface area contributed by atoms with E-state index in [9.17, 15) is 4.79 Å². The topological polar surface area (TPSA) is 41.1 Å². The monoisotopic (exact) mass is 142 g/mol. The summed E-state index contributed by atoms with van der Waals surface area (Å²) in [5.74, 6) is 0.139. The molecule has 3 nitrogen and oxygen atoms in total. The first-order chi connectivity index (χ1) is 4.74. The van der Waals surface area contributed by atoms with Gasteiger partial charge in [-0.25, -0.2) is 0 Å². The highest BCUT2D eigenvalue weighted by Gasteiger charge is 2.22. The maximum Gasteiger partial charge on any atom is 0.237 e. The van der Waals surface area contributed by atoms with Crippen LogP contribution >= 0.6 is 0 Å². The Morgan fingerprint density at radius 2 is 2.40 bits per heavy atom. The van der Waals surface area contributed by atoms with Crippen molar-refractivity contribution in [1.29, 1.82) is 0 Å².